The Labute approximate surface area is 119 Å². The van der Waals surface area contributed by atoms with Gasteiger partial charge in [0, 0.05) is 24.0 Å². The Balaban J connectivity index is 2.52. The lowest BCUT2D eigenvalue weighted by Gasteiger charge is -2.20. The number of likely N-dealkylation sites (N-methyl/N-ethyl adjacent to an activating group) is 1. The maximum Gasteiger partial charge on any atom is 0.358 e. The highest BCUT2D eigenvalue weighted by molar-refractivity contribution is 7.15. The van der Waals surface area contributed by atoms with Crippen molar-refractivity contribution in [2.75, 3.05) is 32.1 Å². The molecule has 0 fully saturated rings. The minimum absolute atomic E-state index is 0.344. The van der Waals surface area contributed by atoms with Gasteiger partial charge in [0.2, 0.25) is 0 Å². The first kappa shape index (κ1) is 15.9. The van der Waals surface area contributed by atoms with Crippen molar-refractivity contribution >= 4 is 22.4 Å². The summed E-state index contributed by atoms with van der Waals surface area (Å²) >= 11 is 1.49. The number of hydrogen-bond donors (Lipinski definition) is 1. The topological polar surface area (TPSA) is 54.5 Å². The molecule has 0 aliphatic carbocycles. The zero-order valence-corrected chi connectivity index (χ0v) is 13.1. The Morgan fingerprint density at radius 1 is 1.53 bits per heavy atom. The van der Waals surface area contributed by atoms with Crippen LogP contribution < -0.4 is 5.32 Å². The molecule has 0 unspecified atom stereocenters. The fourth-order valence-corrected chi connectivity index (χ4v) is 2.29. The third kappa shape index (κ3) is 4.80. The van der Waals surface area contributed by atoms with Crippen molar-refractivity contribution in [1.29, 1.82) is 0 Å². The largest absolute Gasteiger partial charge is 0.461 e. The van der Waals surface area contributed by atoms with Gasteiger partial charge in [-0.15, -0.1) is 11.3 Å². The molecular formula is C13H23N3O2S. The lowest BCUT2D eigenvalue weighted by atomic mass is 10.3. The van der Waals surface area contributed by atoms with Crippen molar-refractivity contribution in [3.8, 4) is 0 Å². The molecule has 0 radical (unpaired) electrons. The Hall–Kier alpha value is -1.14. The normalized spacial score (nSPS) is 11.1. The number of carbonyl (C=O) groups excluding carboxylic acids is 1. The van der Waals surface area contributed by atoms with Gasteiger partial charge in [-0.05, 0) is 34.7 Å². The van der Waals surface area contributed by atoms with Gasteiger partial charge in [-0.25, -0.2) is 9.78 Å². The van der Waals surface area contributed by atoms with Crippen LogP contribution in [0.4, 0.5) is 5.13 Å². The third-order valence-electron chi connectivity index (χ3n) is 2.89. The first-order valence-electron chi connectivity index (χ1n) is 6.54. The van der Waals surface area contributed by atoms with Crippen LogP contribution in [0.15, 0.2) is 0 Å². The second-order valence-corrected chi connectivity index (χ2v) is 5.85. The van der Waals surface area contributed by atoms with Crippen LogP contribution >= 0.6 is 11.3 Å². The van der Waals surface area contributed by atoms with Crippen LogP contribution in [0.2, 0.25) is 0 Å². The fourth-order valence-electron chi connectivity index (χ4n) is 1.46. The molecule has 0 aromatic carbocycles. The van der Waals surface area contributed by atoms with Gasteiger partial charge in [0.15, 0.2) is 10.8 Å². The molecule has 0 bridgehead atoms. The number of anilines is 1. The molecule has 0 saturated carbocycles. The SMILES string of the molecule is CCOC(=O)c1nc(NCCN(C)C(C)C)sc1C. The van der Waals surface area contributed by atoms with E-state index in [1.807, 2.05) is 6.92 Å². The van der Waals surface area contributed by atoms with Crippen LogP contribution in [-0.4, -0.2) is 48.6 Å². The van der Waals surface area contributed by atoms with E-state index in [2.05, 4.69) is 36.1 Å². The molecule has 0 amide bonds. The van der Waals surface area contributed by atoms with E-state index in [9.17, 15) is 4.79 Å². The first-order chi connectivity index (χ1) is 8.95. The number of rotatable bonds is 7. The number of nitrogens with zero attached hydrogens (tertiary/aromatic N) is 2. The molecular weight excluding hydrogens is 262 g/mol. The number of nitrogens with one attached hydrogen (secondary N) is 1. The third-order valence-corrected chi connectivity index (χ3v) is 3.82. The summed E-state index contributed by atoms with van der Waals surface area (Å²) in [6.07, 6.45) is 0. The van der Waals surface area contributed by atoms with E-state index < -0.39 is 0 Å². The van der Waals surface area contributed by atoms with Crippen LogP contribution in [0.5, 0.6) is 0 Å². The van der Waals surface area contributed by atoms with Crippen molar-refractivity contribution in [1.82, 2.24) is 9.88 Å². The second-order valence-electron chi connectivity index (χ2n) is 4.65. The van der Waals surface area contributed by atoms with Crippen molar-refractivity contribution < 1.29 is 9.53 Å². The Bertz CT molecular complexity index is 418. The fraction of sp³-hybridized carbons (Fsp3) is 0.692. The lowest BCUT2D eigenvalue weighted by molar-refractivity contribution is 0.0519. The minimum atomic E-state index is -0.344. The number of esters is 1. The van der Waals surface area contributed by atoms with E-state index in [0.29, 0.717) is 18.3 Å². The second kappa shape index (κ2) is 7.45. The van der Waals surface area contributed by atoms with E-state index in [1.165, 1.54) is 11.3 Å². The predicted octanol–water partition coefficient (Wildman–Crippen LogP) is 2.38. The molecule has 1 rings (SSSR count). The van der Waals surface area contributed by atoms with Gasteiger partial charge in [-0.1, -0.05) is 0 Å². The van der Waals surface area contributed by atoms with Crippen molar-refractivity contribution in [3.05, 3.63) is 10.6 Å². The highest BCUT2D eigenvalue weighted by atomic mass is 32.1. The zero-order valence-electron chi connectivity index (χ0n) is 12.3. The van der Waals surface area contributed by atoms with Crippen LogP contribution in [0.3, 0.4) is 0 Å². The molecule has 1 heterocycles. The summed E-state index contributed by atoms with van der Waals surface area (Å²) in [5.74, 6) is -0.344. The van der Waals surface area contributed by atoms with Gasteiger partial charge in [-0.3, -0.25) is 0 Å². The molecule has 6 heteroatoms. The highest BCUT2D eigenvalue weighted by Crippen LogP contribution is 2.22. The summed E-state index contributed by atoms with van der Waals surface area (Å²) in [7, 11) is 2.09. The number of aryl methyl sites for hydroxylation is 1. The van der Waals surface area contributed by atoms with Gasteiger partial charge in [-0.2, -0.15) is 0 Å². The first-order valence-corrected chi connectivity index (χ1v) is 7.36. The van der Waals surface area contributed by atoms with Crippen LogP contribution in [-0.2, 0) is 4.74 Å². The number of thiazole rings is 1. The van der Waals surface area contributed by atoms with Crippen molar-refractivity contribution in [2.24, 2.45) is 0 Å². The van der Waals surface area contributed by atoms with E-state index >= 15 is 0 Å². The van der Waals surface area contributed by atoms with Crippen LogP contribution in [0.1, 0.15) is 36.1 Å². The molecule has 0 atom stereocenters. The summed E-state index contributed by atoms with van der Waals surface area (Å²) in [6.45, 7) is 10.1. The molecule has 0 spiro atoms. The molecule has 19 heavy (non-hydrogen) atoms. The van der Waals surface area contributed by atoms with E-state index in [1.54, 1.807) is 6.92 Å². The predicted molar refractivity (Wildman–Crippen MR) is 79.1 cm³/mol. The number of carbonyl (C=O) groups is 1. The monoisotopic (exact) mass is 285 g/mol. The Morgan fingerprint density at radius 2 is 2.21 bits per heavy atom. The van der Waals surface area contributed by atoms with Crippen molar-refractivity contribution in [3.63, 3.8) is 0 Å². The number of ether oxygens (including phenoxy) is 1. The van der Waals surface area contributed by atoms with Crippen LogP contribution in [0.25, 0.3) is 0 Å². The molecule has 0 aliphatic heterocycles. The van der Waals surface area contributed by atoms with E-state index in [-0.39, 0.29) is 5.97 Å². The molecule has 0 aliphatic rings. The van der Waals surface area contributed by atoms with Gasteiger partial charge in [0.05, 0.1) is 6.61 Å². The molecule has 1 aromatic rings. The van der Waals surface area contributed by atoms with Gasteiger partial charge >= 0.3 is 5.97 Å². The molecule has 1 aromatic heterocycles. The summed E-state index contributed by atoms with van der Waals surface area (Å²) in [5.41, 5.74) is 0.423. The molecule has 108 valence electrons. The smallest absolute Gasteiger partial charge is 0.358 e. The van der Waals surface area contributed by atoms with Crippen molar-refractivity contribution in [2.45, 2.75) is 33.7 Å². The summed E-state index contributed by atoms with van der Waals surface area (Å²) in [6, 6.07) is 0.523. The number of hydrogen-bond acceptors (Lipinski definition) is 6. The van der Waals surface area contributed by atoms with E-state index in [4.69, 9.17) is 4.74 Å². The minimum Gasteiger partial charge on any atom is -0.461 e. The Kier molecular flexibility index (Phi) is 6.24. The maximum absolute atomic E-state index is 11.6. The number of aromatic nitrogens is 1. The summed E-state index contributed by atoms with van der Waals surface area (Å²) in [4.78, 5) is 19.1. The van der Waals surface area contributed by atoms with Gasteiger partial charge in [0.25, 0.3) is 0 Å². The molecule has 5 nitrogen and oxygen atoms in total. The van der Waals surface area contributed by atoms with Crippen LogP contribution in [0, 0.1) is 6.92 Å². The summed E-state index contributed by atoms with van der Waals surface area (Å²) < 4.78 is 4.97. The zero-order chi connectivity index (χ0) is 14.4. The maximum atomic E-state index is 11.6. The average molecular weight is 285 g/mol. The van der Waals surface area contributed by atoms with E-state index in [0.717, 1.165) is 23.1 Å². The average Bonchev–Trinajstić information content (AvgIpc) is 2.70. The Morgan fingerprint density at radius 3 is 2.79 bits per heavy atom. The molecule has 1 N–H and O–H groups in total. The standard InChI is InChI=1S/C13H23N3O2S/c1-6-18-12(17)11-10(4)19-13(15-11)14-7-8-16(5)9(2)3/h9H,6-8H2,1-5H3,(H,14,15). The highest BCUT2D eigenvalue weighted by Gasteiger charge is 2.16. The quantitative estimate of drug-likeness (QED) is 0.780. The summed E-state index contributed by atoms with van der Waals surface area (Å²) in [5, 5.41) is 4.02. The van der Waals surface area contributed by atoms with Gasteiger partial charge in [0.1, 0.15) is 0 Å². The lowest BCUT2D eigenvalue weighted by Crippen LogP contribution is -2.31. The van der Waals surface area contributed by atoms with Gasteiger partial charge < -0.3 is 15.0 Å². The molecule has 0 saturated heterocycles.